The molecule has 6 nitrogen and oxygen atoms in total. The third-order valence-corrected chi connectivity index (χ3v) is 6.04. The SMILES string of the molecule is Cc1cc(F)ccc1N1CCCC(NC(=NCC2CCOC2)NCCc2ccco2)C1.I. The van der Waals surface area contributed by atoms with Crippen molar-refractivity contribution >= 4 is 35.6 Å². The second-order valence-corrected chi connectivity index (χ2v) is 8.54. The number of hydrogen-bond donors (Lipinski definition) is 2. The first-order valence-electron chi connectivity index (χ1n) is 11.3. The quantitative estimate of drug-likeness (QED) is 0.305. The maximum Gasteiger partial charge on any atom is 0.191 e. The Bertz CT molecular complexity index is 856. The van der Waals surface area contributed by atoms with Crippen molar-refractivity contribution in [1.29, 1.82) is 0 Å². The molecule has 0 bridgehead atoms. The summed E-state index contributed by atoms with van der Waals surface area (Å²) in [6, 6.07) is 9.24. The Hall–Kier alpha value is -1.81. The van der Waals surface area contributed by atoms with Gasteiger partial charge < -0.3 is 24.7 Å². The van der Waals surface area contributed by atoms with Gasteiger partial charge in [-0.2, -0.15) is 0 Å². The minimum Gasteiger partial charge on any atom is -0.469 e. The van der Waals surface area contributed by atoms with Crippen LogP contribution < -0.4 is 15.5 Å². The zero-order valence-electron chi connectivity index (χ0n) is 18.7. The molecule has 32 heavy (non-hydrogen) atoms. The predicted octanol–water partition coefficient (Wildman–Crippen LogP) is 4.13. The second kappa shape index (κ2) is 12.4. The van der Waals surface area contributed by atoms with Crippen LogP contribution in [0.15, 0.2) is 46.0 Å². The van der Waals surface area contributed by atoms with Crippen molar-refractivity contribution in [2.24, 2.45) is 10.9 Å². The minimum atomic E-state index is -0.181. The van der Waals surface area contributed by atoms with Crippen molar-refractivity contribution in [1.82, 2.24) is 10.6 Å². The molecule has 2 atom stereocenters. The Labute approximate surface area is 207 Å². The van der Waals surface area contributed by atoms with E-state index in [0.717, 1.165) is 88.0 Å². The lowest BCUT2D eigenvalue weighted by molar-refractivity contribution is 0.187. The Morgan fingerprint density at radius 1 is 1.28 bits per heavy atom. The van der Waals surface area contributed by atoms with Crippen LogP contribution in [0.2, 0.25) is 0 Å². The van der Waals surface area contributed by atoms with Gasteiger partial charge in [0.25, 0.3) is 0 Å². The van der Waals surface area contributed by atoms with E-state index in [4.69, 9.17) is 14.1 Å². The van der Waals surface area contributed by atoms with E-state index in [1.165, 1.54) is 0 Å². The summed E-state index contributed by atoms with van der Waals surface area (Å²) in [5.41, 5.74) is 2.09. The lowest BCUT2D eigenvalue weighted by Gasteiger charge is -2.36. The number of piperidine rings is 1. The molecule has 2 unspecified atom stereocenters. The van der Waals surface area contributed by atoms with Crippen LogP contribution in [0.3, 0.4) is 0 Å². The summed E-state index contributed by atoms with van der Waals surface area (Å²) in [6.07, 6.45) is 5.76. The number of benzene rings is 1. The number of rotatable bonds is 7. The smallest absolute Gasteiger partial charge is 0.191 e. The molecule has 0 amide bonds. The van der Waals surface area contributed by atoms with Gasteiger partial charge >= 0.3 is 0 Å². The molecule has 0 spiro atoms. The fourth-order valence-electron chi connectivity index (χ4n) is 4.34. The maximum atomic E-state index is 13.5. The van der Waals surface area contributed by atoms with Gasteiger partial charge in [0.05, 0.1) is 12.9 Å². The van der Waals surface area contributed by atoms with E-state index >= 15 is 0 Å². The molecule has 1 aromatic heterocycles. The number of nitrogens with one attached hydrogen (secondary N) is 2. The van der Waals surface area contributed by atoms with E-state index in [1.807, 2.05) is 25.1 Å². The average Bonchev–Trinajstić information content (AvgIpc) is 3.46. The van der Waals surface area contributed by atoms with Crippen LogP contribution in [0.25, 0.3) is 0 Å². The highest BCUT2D eigenvalue weighted by atomic mass is 127. The number of ether oxygens (including phenoxy) is 1. The Balaban J connectivity index is 0.00000289. The van der Waals surface area contributed by atoms with Crippen LogP contribution in [0.5, 0.6) is 0 Å². The summed E-state index contributed by atoms with van der Waals surface area (Å²) in [7, 11) is 0. The molecule has 2 aromatic rings. The fraction of sp³-hybridized carbons (Fsp3) is 0.542. The molecule has 1 aromatic carbocycles. The number of halogens is 2. The van der Waals surface area contributed by atoms with Crippen LogP contribution in [0, 0.1) is 18.7 Å². The second-order valence-electron chi connectivity index (χ2n) is 8.54. The standard InChI is InChI=1S/C24H33FN4O2.HI/c1-18-14-20(25)6-7-23(18)29-11-2-4-21(16-29)28-24(27-15-19-9-13-30-17-19)26-10-8-22-5-3-12-31-22;/h3,5-7,12,14,19,21H,2,4,8-11,13,15-17H2,1H3,(H2,26,27,28);1H. The van der Waals surface area contributed by atoms with Crippen molar-refractivity contribution < 1.29 is 13.5 Å². The Kier molecular flexibility index (Phi) is 9.65. The van der Waals surface area contributed by atoms with Crippen molar-refractivity contribution in [3.63, 3.8) is 0 Å². The van der Waals surface area contributed by atoms with Crippen LogP contribution in [-0.4, -0.2) is 51.4 Å². The molecule has 2 aliphatic heterocycles. The summed E-state index contributed by atoms with van der Waals surface area (Å²) in [4.78, 5) is 7.21. The summed E-state index contributed by atoms with van der Waals surface area (Å²) < 4.78 is 24.5. The van der Waals surface area contributed by atoms with Crippen molar-refractivity contribution in [3.05, 3.63) is 53.7 Å². The van der Waals surface area contributed by atoms with Crippen LogP contribution >= 0.6 is 24.0 Å². The molecule has 2 N–H and O–H groups in total. The summed E-state index contributed by atoms with van der Waals surface area (Å²) in [5.74, 6) is 2.13. The van der Waals surface area contributed by atoms with E-state index in [1.54, 1.807) is 18.4 Å². The Morgan fingerprint density at radius 3 is 2.94 bits per heavy atom. The van der Waals surface area contributed by atoms with Crippen molar-refractivity contribution in [2.45, 2.75) is 38.6 Å². The minimum absolute atomic E-state index is 0. The summed E-state index contributed by atoms with van der Waals surface area (Å²) in [5, 5.41) is 7.12. The number of nitrogens with zero attached hydrogens (tertiary/aromatic N) is 2. The number of aryl methyl sites for hydroxylation is 1. The lowest BCUT2D eigenvalue weighted by atomic mass is 10.0. The average molecular weight is 556 g/mol. The largest absolute Gasteiger partial charge is 0.469 e. The molecular weight excluding hydrogens is 522 g/mol. The van der Waals surface area contributed by atoms with Gasteiger partial charge in [-0.25, -0.2) is 4.39 Å². The first-order chi connectivity index (χ1) is 15.2. The van der Waals surface area contributed by atoms with Crippen molar-refractivity contribution in [3.8, 4) is 0 Å². The van der Waals surface area contributed by atoms with E-state index < -0.39 is 0 Å². The highest BCUT2D eigenvalue weighted by molar-refractivity contribution is 14.0. The first-order valence-corrected chi connectivity index (χ1v) is 11.3. The van der Waals surface area contributed by atoms with Gasteiger partial charge in [-0.15, -0.1) is 24.0 Å². The van der Waals surface area contributed by atoms with Crippen LogP contribution in [0.4, 0.5) is 10.1 Å². The first kappa shape index (κ1) is 24.8. The number of furan rings is 1. The van der Waals surface area contributed by atoms with Gasteiger partial charge in [0.1, 0.15) is 11.6 Å². The number of anilines is 1. The predicted molar refractivity (Wildman–Crippen MR) is 137 cm³/mol. The molecule has 176 valence electrons. The third kappa shape index (κ3) is 7.10. The third-order valence-electron chi connectivity index (χ3n) is 6.04. The molecule has 8 heteroatoms. The van der Waals surface area contributed by atoms with Gasteiger partial charge in [-0.3, -0.25) is 4.99 Å². The van der Waals surface area contributed by atoms with Gasteiger partial charge in [0, 0.05) is 56.9 Å². The number of hydrogen-bond acceptors (Lipinski definition) is 4. The Morgan fingerprint density at radius 2 is 2.19 bits per heavy atom. The topological polar surface area (TPSA) is 62.0 Å². The molecular formula is C24H34FIN4O2. The maximum absolute atomic E-state index is 13.5. The normalized spacial score (nSPS) is 21.3. The monoisotopic (exact) mass is 556 g/mol. The van der Waals surface area contributed by atoms with Gasteiger partial charge in [-0.1, -0.05) is 0 Å². The molecule has 0 radical (unpaired) electrons. The summed E-state index contributed by atoms with van der Waals surface area (Å²) in [6.45, 7) is 6.99. The highest BCUT2D eigenvalue weighted by Crippen LogP contribution is 2.24. The number of guanidine groups is 1. The van der Waals surface area contributed by atoms with E-state index in [2.05, 4.69) is 15.5 Å². The van der Waals surface area contributed by atoms with E-state index in [9.17, 15) is 4.39 Å². The molecule has 0 saturated carbocycles. The van der Waals surface area contributed by atoms with E-state index in [0.29, 0.717) is 5.92 Å². The zero-order chi connectivity index (χ0) is 21.5. The summed E-state index contributed by atoms with van der Waals surface area (Å²) >= 11 is 0. The van der Waals surface area contributed by atoms with Gasteiger partial charge in [-0.05, 0) is 62.1 Å². The number of aliphatic imine (C=N–C) groups is 1. The molecule has 2 fully saturated rings. The van der Waals surface area contributed by atoms with Gasteiger partial charge in [0.15, 0.2) is 5.96 Å². The zero-order valence-corrected chi connectivity index (χ0v) is 21.0. The fourth-order valence-corrected chi connectivity index (χ4v) is 4.34. The molecule has 2 saturated heterocycles. The van der Waals surface area contributed by atoms with Crippen LogP contribution in [-0.2, 0) is 11.2 Å². The van der Waals surface area contributed by atoms with Crippen molar-refractivity contribution in [2.75, 3.05) is 44.3 Å². The molecule has 4 rings (SSSR count). The lowest BCUT2D eigenvalue weighted by Crippen LogP contribution is -2.51. The van der Waals surface area contributed by atoms with E-state index in [-0.39, 0.29) is 35.8 Å². The molecule has 2 aliphatic rings. The van der Waals surface area contributed by atoms with Gasteiger partial charge in [0.2, 0.25) is 0 Å². The molecule has 3 heterocycles. The highest BCUT2D eigenvalue weighted by Gasteiger charge is 2.23. The molecule has 0 aliphatic carbocycles. The van der Waals surface area contributed by atoms with Crippen LogP contribution in [0.1, 0.15) is 30.6 Å².